The molecule has 154 valence electrons. The molecule has 2 aromatic carbocycles. The monoisotopic (exact) mass is 397 g/mol. The summed E-state index contributed by atoms with van der Waals surface area (Å²) in [5, 5.41) is 0. The van der Waals surface area contributed by atoms with Crippen LogP contribution >= 0.6 is 0 Å². The molecule has 2 aliphatic rings. The van der Waals surface area contributed by atoms with Crippen LogP contribution in [0.1, 0.15) is 31.2 Å². The first kappa shape index (κ1) is 19.9. The third-order valence-electron chi connectivity index (χ3n) is 6.24. The van der Waals surface area contributed by atoms with Gasteiger partial charge in [-0.15, -0.1) is 0 Å². The largest absolute Gasteiger partial charge is 0.496 e. The van der Waals surface area contributed by atoms with Crippen LogP contribution in [0.2, 0.25) is 0 Å². The second-order valence-corrected chi connectivity index (χ2v) is 8.11. The number of rotatable bonds is 5. The minimum Gasteiger partial charge on any atom is -0.496 e. The average molecular weight is 397 g/mol. The first-order chi connectivity index (χ1) is 14.1. The number of halogens is 1. The number of benzene rings is 2. The molecule has 0 atom stereocenters. The second kappa shape index (κ2) is 8.54. The third-order valence-corrected chi connectivity index (χ3v) is 6.24. The van der Waals surface area contributed by atoms with E-state index in [9.17, 15) is 9.18 Å². The maximum Gasteiger partial charge on any atom is 0.229 e. The lowest BCUT2D eigenvalue weighted by molar-refractivity contribution is -0.146. The summed E-state index contributed by atoms with van der Waals surface area (Å²) in [4.78, 5) is 15.5. The summed E-state index contributed by atoms with van der Waals surface area (Å²) < 4.78 is 24.9. The summed E-state index contributed by atoms with van der Waals surface area (Å²) in [5.41, 5.74) is 2.30. The van der Waals surface area contributed by atoms with Gasteiger partial charge in [0.05, 0.1) is 12.5 Å². The number of likely N-dealkylation sites (tertiary alicyclic amines) is 1. The smallest absolute Gasteiger partial charge is 0.229 e. The molecule has 0 N–H and O–H groups in total. The van der Waals surface area contributed by atoms with E-state index in [0.717, 1.165) is 55.5 Å². The SMILES string of the molecule is COc1ccc(F)cc1-c1cccc(CC2(C(=O)N3CCCC3)CCOCC2)c1. The standard InChI is InChI=1S/C24H28FNO3/c1-28-22-8-7-20(25)16-21(22)19-6-4-5-18(15-19)17-24(9-13-29-14-10-24)23(27)26-11-2-3-12-26/h4-8,15-16H,2-3,9-14,17H2,1H3. The van der Waals surface area contributed by atoms with Gasteiger partial charge in [0.15, 0.2) is 0 Å². The van der Waals surface area contributed by atoms with Crippen LogP contribution in [0.15, 0.2) is 42.5 Å². The van der Waals surface area contributed by atoms with Crippen LogP contribution in [0.5, 0.6) is 5.75 Å². The zero-order valence-electron chi connectivity index (χ0n) is 17.0. The van der Waals surface area contributed by atoms with Gasteiger partial charge in [-0.2, -0.15) is 0 Å². The third kappa shape index (κ3) is 4.15. The van der Waals surface area contributed by atoms with Crippen LogP contribution in [0.4, 0.5) is 4.39 Å². The van der Waals surface area contributed by atoms with E-state index < -0.39 is 5.41 Å². The lowest BCUT2D eigenvalue weighted by Gasteiger charge is -2.39. The van der Waals surface area contributed by atoms with Gasteiger partial charge >= 0.3 is 0 Å². The van der Waals surface area contributed by atoms with E-state index in [1.165, 1.54) is 12.1 Å². The lowest BCUT2D eigenvalue weighted by Crippen LogP contribution is -2.47. The molecule has 0 aromatic heterocycles. The van der Waals surface area contributed by atoms with Crippen LogP contribution in [0.25, 0.3) is 11.1 Å². The number of carbonyl (C=O) groups is 1. The fraction of sp³-hybridized carbons (Fsp3) is 0.458. The number of carbonyl (C=O) groups excluding carboxylic acids is 1. The Bertz CT molecular complexity index is 870. The Morgan fingerprint density at radius 1 is 1.14 bits per heavy atom. The fourth-order valence-corrected chi connectivity index (χ4v) is 4.63. The Morgan fingerprint density at radius 3 is 2.62 bits per heavy atom. The normalized spacial score (nSPS) is 18.6. The molecule has 4 nitrogen and oxygen atoms in total. The van der Waals surface area contributed by atoms with E-state index in [-0.39, 0.29) is 11.7 Å². The van der Waals surface area contributed by atoms with Crippen molar-refractivity contribution in [2.75, 3.05) is 33.4 Å². The Morgan fingerprint density at radius 2 is 1.90 bits per heavy atom. The summed E-state index contributed by atoms with van der Waals surface area (Å²) in [7, 11) is 1.59. The molecule has 2 heterocycles. The number of nitrogens with zero attached hydrogens (tertiary/aromatic N) is 1. The summed E-state index contributed by atoms with van der Waals surface area (Å²) >= 11 is 0. The number of amides is 1. The number of hydrogen-bond donors (Lipinski definition) is 0. The van der Waals surface area contributed by atoms with Gasteiger partial charge < -0.3 is 14.4 Å². The van der Waals surface area contributed by atoms with Crippen LogP contribution in [-0.2, 0) is 16.0 Å². The molecule has 29 heavy (non-hydrogen) atoms. The van der Waals surface area contributed by atoms with E-state index in [2.05, 4.69) is 12.1 Å². The van der Waals surface area contributed by atoms with Gasteiger partial charge in [0.25, 0.3) is 0 Å². The van der Waals surface area contributed by atoms with Gasteiger partial charge in [-0.1, -0.05) is 24.3 Å². The highest BCUT2D eigenvalue weighted by Gasteiger charge is 2.43. The van der Waals surface area contributed by atoms with Crippen LogP contribution in [0, 0.1) is 11.2 Å². The molecule has 4 rings (SSSR count). The van der Waals surface area contributed by atoms with Crippen molar-refractivity contribution in [2.45, 2.75) is 32.1 Å². The molecule has 2 aromatic rings. The maximum absolute atomic E-state index is 13.9. The number of hydrogen-bond acceptors (Lipinski definition) is 3. The Hall–Kier alpha value is -2.40. The molecule has 2 aliphatic heterocycles. The molecule has 5 heteroatoms. The van der Waals surface area contributed by atoms with Crippen LogP contribution in [0.3, 0.4) is 0 Å². The first-order valence-electron chi connectivity index (χ1n) is 10.4. The highest BCUT2D eigenvalue weighted by atomic mass is 19.1. The van der Waals surface area contributed by atoms with Crippen molar-refractivity contribution in [3.05, 3.63) is 53.8 Å². The first-order valence-corrected chi connectivity index (χ1v) is 10.4. The molecular weight excluding hydrogens is 369 g/mol. The van der Waals surface area contributed by atoms with Crippen molar-refractivity contribution in [3.63, 3.8) is 0 Å². The predicted molar refractivity (Wildman–Crippen MR) is 110 cm³/mol. The van der Waals surface area contributed by atoms with Gasteiger partial charge in [0, 0.05) is 31.9 Å². The zero-order valence-corrected chi connectivity index (χ0v) is 17.0. The van der Waals surface area contributed by atoms with Gasteiger partial charge in [0.1, 0.15) is 11.6 Å². The van der Waals surface area contributed by atoms with Crippen molar-refractivity contribution < 1.29 is 18.7 Å². The molecule has 2 fully saturated rings. The second-order valence-electron chi connectivity index (χ2n) is 8.11. The van der Waals surface area contributed by atoms with Crippen molar-refractivity contribution in [1.82, 2.24) is 4.90 Å². The molecule has 0 radical (unpaired) electrons. The molecule has 2 saturated heterocycles. The van der Waals surface area contributed by atoms with Gasteiger partial charge in [-0.25, -0.2) is 4.39 Å². The van der Waals surface area contributed by atoms with Crippen molar-refractivity contribution >= 4 is 5.91 Å². The van der Waals surface area contributed by atoms with Gasteiger partial charge in [-0.05, 0) is 61.4 Å². The lowest BCUT2D eigenvalue weighted by atomic mass is 9.73. The van der Waals surface area contributed by atoms with Crippen molar-refractivity contribution in [1.29, 1.82) is 0 Å². The summed E-state index contributed by atoms with van der Waals surface area (Å²) in [5.74, 6) is 0.612. The fourth-order valence-electron chi connectivity index (χ4n) is 4.63. The van der Waals surface area contributed by atoms with E-state index in [1.54, 1.807) is 13.2 Å². The zero-order chi connectivity index (χ0) is 20.3. The number of ether oxygens (including phenoxy) is 2. The molecule has 0 aliphatic carbocycles. The molecule has 1 amide bonds. The summed E-state index contributed by atoms with van der Waals surface area (Å²) in [6, 6.07) is 12.6. The topological polar surface area (TPSA) is 38.8 Å². The van der Waals surface area contributed by atoms with Crippen LogP contribution < -0.4 is 4.74 Å². The highest BCUT2D eigenvalue weighted by molar-refractivity contribution is 5.83. The highest BCUT2D eigenvalue weighted by Crippen LogP contribution is 2.39. The minimum absolute atomic E-state index is 0.270. The van der Waals surface area contributed by atoms with E-state index in [0.29, 0.717) is 25.4 Å². The quantitative estimate of drug-likeness (QED) is 0.748. The number of methoxy groups -OCH3 is 1. The molecule has 0 bridgehead atoms. The molecular formula is C24H28FNO3. The molecule has 0 spiro atoms. The van der Waals surface area contributed by atoms with Crippen molar-refractivity contribution in [2.24, 2.45) is 5.41 Å². The molecule has 0 unspecified atom stereocenters. The van der Waals surface area contributed by atoms with Gasteiger partial charge in [-0.3, -0.25) is 4.79 Å². The van der Waals surface area contributed by atoms with Gasteiger partial charge in [0.2, 0.25) is 5.91 Å². The van der Waals surface area contributed by atoms with Crippen LogP contribution in [-0.4, -0.2) is 44.2 Å². The van der Waals surface area contributed by atoms with Crippen molar-refractivity contribution in [3.8, 4) is 16.9 Å². The van der Waals surface area contributed by atoms with E-state index in [4.69, 9.17) is 9.47 Å². The summed E-state index contributed by atoms with van der Waals surface area (Å²) in [6.45, 7) is 2.97. The Kier molecular flexibility index (Phi) is 5.86. The van der Waals surface area contributed by atoms with E-state index in [1.807, 2.05) is 17.0 Å². The Balaban J connectivity index is 1.65. The molecule has 0 saturated carbocycles. The van der Waals surface area contributed by atoms with E-state index >= 15 is 0 Å². The summed E-state index contributed by atoms with van der Waals surface area (Å²) in [6.07, 6.45) is 4.35. The minimum atomic E-state index is -0.409. The maximum atomic E-state index is 13.9. The predicted octanol–water partition coefficient (Wildman–Crippen LogP) is 4.46. The Labute approximate surface area is 171 Å². The average Bonchev–Trinajstić information content (AvgIpc) is 3.29.